The van der Waals surface area contributed by atoms with Crippen molar-refractivity contribution in [2.75, 3.05) is 12.3 Å². The van der Waals surface area contributed by atoms with E-state index >= 15 is 0 Å². The quantitative estimate of drug-likeness (QED) is 0.0708. The number of carboxylic acid groups (broad SMARTS) is 2. The zero-order valence-electron chi connectivity index (χ0n) is 23.8. The SMILES string of the molecule is CC(C)(O/N=C(\C(=O)N[C@H]1CON(C2(C(=O)O)C[C@H](N3C(=O)c4cc(O)c(O)cc4S3(=O)=O)C(=O)O2)C1=O)c1csc(N)n1)C(=O)O. The van der Waals surface area contributed by atoms with Crippen LogP contribution in [0.1, 0.15) is 36.3 Å². The van der Waals surface area contributed by atoms with Crippen LogP contribution in [0.25, 0.3) is 0 Å². The molecule has 3 atom stereocenters. The van der Waals surface area contributed by atoms with Crippen molar-refractivity contribution < 1.29 is 72.0 Å². The predicted molar refractivity (Wildman–Crippen MR) is 149 cm³/mol. The Morgan fingerprint density at radius 1 is 1.19 bits per heavy atom. The highest BCUT2D eigenvalue weighted by Crippen LogP contribution is 2.43. The van der Waals surface area contributed by atoms with Crippen LogP contribution in [0.2, 0.25) is 0 Å². The number of nitrogens with two attached hydrogens (primary N) is 1. The molecule has 2 aromatic rings. The van der Waals surface area contributed by atoms with Gasteiger partial charge in [-0.3, -0.25) is 19.2 Å². The van der Waals surface area contributed by atoms with E-state index in [9.17, 15) is 57.6 Å². The standard InChI is InChI=1S/C24H22N6O15S2/c1-23(2,20(37)38)45-28-15(10-7-46-22(25)27-10)16(33)26-9-6-43-30(18(9)35)24(21(39)40)5-11(19(36)44-24)29-17(34)8-3-12(31)13(32)4-14(8)47(29,41)42/h3-4,7,9,11,31-32H,5-6H2,1-2H3,(H2,25,27)(H,26,33)(H,37,38)(H,39,40)/b28-15-/t9-,11-,24?/m0/s1. The number of cyclic esters (lactones) is 1. The number of aromatic nitrogens is 1. The molecule has 7 N–H and O–H groups in total. The van der Waals surface area contributed by atoms with E-state index in [1.54, 1.807) is 0 Å². The lowest BCUT2D eigenvalue weighted by atomic mass is 10.1. The fraction of sp³-hybridized carbons (Fsp3) is 0.333. The van der Waals surface area contributed by atoms with Crippen molar-refractivity contribution in [3.05, 3.63) is 28.8 Å². The highest BCUT2D eigenvalue weighted by atomic mass is 32.2. The molecule has 1 aromatic heterocycles. The van der Waals surface area contributed by atoms with Crippen molar-refractivity contribution >= 4 is 67.8 Å². The summed E-state index contributed by atoms with van der Waals surface area (Å²) in [5, 5.41) is 46.0. The number of nitrogens with one attached hydrogen (secondary N) is 1. The second-order valence-corrected chi connectivity index (χ2v) is 13.2. The van der Waals surface area contributed by atoms with Gasteiger partial charge in [-0.05, 0) is 19.9 Å². The maximum Gasteiger partial charge on any atom is 0.372 e. The number of anilines is 1. The molecular weight excluding hydrogens is 676 g/mol. The van der Waals surface area contributed by atoms with Crippen molar-refractivity contribution in [3.63, 3.8) is 0 Å². The van der Waals surface area contributed by atoms with Gasteiger partial charge < -0.3 is 41.1 Å². The van der Waals surface area contributed by atoms with Crippen LogP contribution in [0.15, 0.2) is 27.6 Å². The smallest absolute Gasteiger partial charge is 0.372 e. The van der Waals surface area contributed by atoms with Gasteiger partial charge in [0, 0.05) is 11.4 Å². The van der Waals surface area contributed by atoms with Crippen molar-refractivity contribution in [2.24, 2.45) is 5.16 Å². The summed E-state index contributed by atoms with van der Waals surface area (Å²) >= 11 is 0.886. The van der Waals surface area contributed by atoms with Crippen LogP contribution in [0.5, 0.6) is 11.5 Å². The summed E-state index contributed by atoms with van der Waals surface area (Å²) in [5.74, 6) is -10.6. The van der Waals surface area contributed by atoms with Gasteiger partial charge in [0.05, 0.1) is 12.0 Å². The Hall–Kier alpha value is -5.55. The summed E-state index contributed by atoms with van der Waals surface area (Å²) in [6.07, 6.45) is -1.17. The second-order valence-electron chi connectivity index (χ2n) is 10.5. The largest absolute Gasteiger partial charge is 0.504 e. The van der Waals surface area contributed by atoms with E-state index in [0.29, 0.717) is 12.1 Å². The number of carbonyl (C=O) groups is 6. The number of fused-ring (bicyclic) bond motifs is 1. The first-order valence-electron chi connectivity index (χ1n) is 12.9. The van der Waals surface area contributed by atoms with E-state index in [-0.39, 0.29) is 20.2 Å². The minimum absolute atomic E-state index is 0.00426. The number of rotatable bonds is 9. The Balaban J connectivity index is 1.40. The molecule has 4 heterocycles. The molecule has 0 aliphatic carbocycles. The number of ether oxygens (including phenoxy) is 1. The molecule has 21 nitrogen and oxygen atoms in total. The third kappa shape index (κ3) is 5.28. The minimum atomic E-state index is -4.90. The molecule has 0 saturated carbocycles. The van der Waals surface area contributed by atoms with Crippen molar-refractivity contribution in [2.45, 2.75) is 48.6 Å². The number of phenols is 2. The number of hydroxylamine groups is 2. The van der Waals surface area contributed by atoms with Crippen molar-refractivity contribution in [1.82, 2.24) is 19.7 Å². The van der Waals surface area contributed by atoms with Crippen LogP contribution in [0.4, 0.5) is 5.13 Å². The molecule has 0 bridgehead atoms. The van der Waals surface area contributed by atoms with Gasteiger partial charge in [-0.25, -0.2) is 32.1 Å². The topological polar surface area (TPSA) is 315 Å². The molecule has 5 rings (SSSR count). The summed E-state index contributed by atoms with van der Waals surface area (Å²) in [5.41, 5.74) is -0.780. The Morgan fingerprint density at radius 3 is 2.45 bits per heavy atom. The van der Waals surface area contributed by atoms with E-state index < -0.39 is 110 Å². The van der Waals surface area contributed by atoms with Gasteiger partial charge in [0.1, 0.15) is 23.2 Å². The van der Waals surface area contributed by atoms with Crippen LogP contribution in [-0.2, 0) is 48.4 Å². The summed E-state index contributed by atoms with van der Waals surface area (Å²) < 4.78 is 31.4. The Labute approximate surface area is 265 Å². The maximum absolute atomic E-state index is 13.4. The van der Waals surface area contributed by atoms with Gasteiger partial charge in [0.2, 0.25) is 5.60 Å². The second kappa shape index (κ2) is 11.1. The number of hydrogen-bond donors (Lipinski definition) is 6. The highest BCUT2D eigenvalue weighted by Gasteiger charge is 2.66. The van der Waals surface area contributed by atoms with Crippen LogP contribution >= 0.6 is 11.3 Å². The van der Waals surface area contributed by atoms with Crippen molar-refractivity contribution in [3.8, 4) is 11.5 Å². The number of aliphatic carboxylic acids is 2. The number of amides is 3. The van der Waals surface area contributed by atoms with Gasteiger partial charge in [-0.1, -0.05) is 5.16 Å². The molecule has 3 amide bonds. The number of aromatic hydroxyl groups is 2. The normalized spacial score (nSPS) is 23.9. The lowest BCUT2D eigenvalue weighted by Crippen LogP contribution is -2.57. The minimum Gasteiger partial charge on any atom is -0.504 e. The van der Waals surface area contributed by atoms with Gasteiger partial charge in [0.15, 0.2) is 28.4 Å². The molecule has 2 saturated heterocycles. The molecule has 1 unspecified atom stereocenters. The van der Waals surface area contributed by atoms with E-state index in [1.807, 2.05) is 0 Å². The highest BCUT2D eigenvalue weighted by molar-refractivity contribution is 7.90. The predicted octanol–water partition coefficient (Wildman–Crippen LogP) is -2.08. The average molecular weight is 699 g/mol. The zero-order valence-corrected chi connectivity index (χ0v) is 25.4. The fourth-order valence-corrected chi connectivity index (χ4v) is 6.82. The molecule has 3 aliphatic rings. The summed E-state index contributed by atoms with van der Waals surface area (Å²) in [6, 6.07) is -2.64. The van der Waals surface area contributed by atoms with Gasteiger partial charge in [-0.2, -0.15) is 5.06 Å². The number of thiazole rings is 1. The number of benzene rings is 1. The molecule has 47 heavy (non-hydrogen) atoms. The average Bonchev–Trinajstić information content (AvgIpc) is 3.70. The van der Waals surface area contributed by atoms with E-state index in [4.69, 9.17) is 20.1 Å². The monoisotopic (exact) mass is 698 g/mol. The number of esters is 1. The number of phenolic OH excluding ortho intramolecular Hbond substituents is 2. The molecule has 250 valence electrons. The third-order valence-corrected chi connectivity index (χ3v) is 9.54. The number of oxime groups is 1. The lowest BCUT2D eigenvalue weighted by Gasteiger charge is -2.30. The number of carboxylic acids is 2. The zero-order chi connectivity index (χ0) is 34.8. The molecule has 23 heteroatoms. The number of nitrogen functional groups attached to an aromatic ring is 1. The maximum atomic E-state index is 13.4. The molecule has 3 aliphatic heterocycles. The molecule has 0 spiro atoms. The number of sulfonamides is 1. The van der Waals surface area contributed by atoms with E-state index in [1.165, 1.54) is 5.38 Å². The van der Waals surface area contributed by atoms with Crippen LogP contribution in [0, 0.1) is 0 Å². The van der Waals surface area contributed by atoms with Gasteiger partial charge in [-0.15, -0.1) is 11.3 Å². The molecule has 2 fully saturated rings. The molecular formula is C24H22N6O15S2. The Morgan fingerprint density at radius 2 is 1.85 bits per heavy atom. The van der Waals surface area contributed by atoms with Crippen LogP contribution in [0.3, 0.4) is 0 Å². The first-order chi connectivity index (χ1) is 21.8. The summed E-state index contributed by atoms with van der Waals surface area (Å²) in [4.78, 5) is 89.9. The van der Waals surface area contributed by atoms with Gasteiger partial charge >= 0.3 is 23.6 Å². The summed E-state index contributed by atoms with van der Waals surface area (Å²) in [7, 11) is -4.90. The molecule has 1 aromatic carbocycles. The van der Waals surface area contributed by atoms with Crippen LogP contribution < -0.4 is 11.1 Å². The summed E-state index contributed by atoms with van der Waals surface area (Å²) in [6.45, 7) is 1.51. The Kier molecular flexibility index (Phi) is 7.72. The van der Waals surface area contributed by atoms with Crippen molar-refractivity contribution in [1.29, 1.82) is 0 Å². The van der Waals surface area contributed by atoms with Crippen LogP contribution in [-0.4, -0.2) is 115 Å². The fourth-order valence-electron chi connectivity index (χ4n) is 4.56. The first kappa shape index (κ1) is 32.8. The third-order valence-electron chi connectivity index (χ3n) is 7.03. The lowest BCUT2D eigenvalue weighted by molar-refractivity contribution is -0.256. The number of hydrogen-bond acceptors (Lipinski definition) is 17. The van der Waals surface area contributed by atoms with E-state index in [0.717, 1.165) is 25.2 Å². The first-order valence-corrected chi connectivity index (χ1v) is 15.2. The number of carbonyl (C=O) groups excluding carboxylic acids is 4. The van der Waals surface area contributed by atoms with E-state index in [2.05, 4.69) is 15.5 Å². The molecule has 0 radical (unpaired) electrons. The number of nitrogens with zero attached hydrogens (tertiary/aromatic N) is 4. The van der Waals surface area contributed by atoms with Gasteiger partial charge in [0.25, 0.3) is 27.7 Å². The Bertz CT molecular complexity index is 1910.